The summed E-state index contributed by atoms with van der Waals surface area (Å²) in [5, 5.41) is 0.703. The minimum absolute atomic E-state index is 0.700. The van der Waals surface area contributed by atoms with Crippen molar-refractivity contribution in [3.63, 3.8) is 0 Å². The molecule has 1 aromatic rings. The number of halogens is 1. The van der Waals surface area contributed by atoms with E-state index >= 15 is 0 Å². The van der Waals surface area contributed by atoms with E-state index < -0.39 is 0 Å². The highest BCUT2D eigenvalue weighted by Gasteiger charge is 1.91. The molecular weight excluding hydrogens is 168 g/mol. The second-order valence-electron chi connectivity index (χ2n) is 2.27. The van der Waals surface area contributed by atoms with Crippen LogP contribution in [0.5, 0.6) is 0 Å². The van der Waals surface area contributed by atoms with Crippen molar-refractivity contribution < 1.29 is 0 Å². The molecule has 0 radical (unpaired) electrons. The third-order valence-corrected chi connectivity index (χ3v) is 1.67. The van der Waals surface area contributed by atoms with Gasteiger partial charge in [-0.3, -0.25) is 0 Å². The lowest BCUT2D eigenvalue weighted by Crippen LogP contribution is -1.74. The third-order valence-electron chi connectivity index (χ3n) is 1.34. The van der Waals surface area contributed by atoms with Crippen LogP contribution in [-0.2, 0) is 0 Å². The van der Waals surface area contributed by atoms with Gasteiger partial charge >= 0.3 is 0 Å². The lowest BCUT2D eigenvalue weighted by molar-refractivity contribution is 1.48. The molecule has 0 N–H and O–H groups in total. The lowest BCUT2D eigenvalue weighted by atomic mass is 10.2. The maximum atomic E-state index is 5.87. The highest BCUT2D eigenvalue weighted by atomic mass is 35.5. The van der Waals surface area contributed by atoms with E-state index in [-0.39, 0.29) is 0 Å². The van der Waals surface area contributed by atoms with Crippen LogP contribution in [0.15, 0.2) is 36.9 Å². The van der Waals surface area contributed by atoms with E-state index in [0.717, 1.165) is 5.56 Å². The van der Waals surface area contributed by atoms with Gasteiger partial charge in [-0.05, 0) is 12.1 Å². The van der Waals surface area contributed by atoms with Gasteiger partial charge in [-0.25, -0.2) is 0 Å². The van der Waals surface area contributed by atoms with Crippen molar-refractivity contribution in [2.24, 2.45) is 0 Å². The molecule has 0 unspecified atom stereocenters. The molecule has 0 nitrogen and oxygen atoms in total. The summed E-state index contributed by atoms with van der Waals surface area (Å²) in [6.07, 6.45) is 2.47. The van der Waals surface area contributed by atoms with E-state index in [9.17, 15) is 0 Å². The van der Waals surface area contributed by atoms with Gasteiger partial charge in [0.05, 0.1) is 5.02 Å². The molecule has 12 heavy (non-hydrogen) atoms. The first kappa shape index (κ1) is 8.90. The first-order valence-electron chi connectivity index (χ1n) is 3.69. The van der Waals surface area contributed by atoms with E-state index in [1.54, 1.807) is 6.08 Å². The van der Waals surface area contributed by atoms with Crippen LogP contribution < -0.4 is 0 Å². The smallest absolute Gasteiger partial charge is 0.0562 e. The van der Waals surface area contributed by atoms with Gasteiger partial charge in [0, 0.05) is 12.0 Å². The van der Waals surface area contributed by atoms with Crippen LogP contribution in [-0.4, -0.2) is 0 Å². The largest absolute Gasteiger partial charge is 0.102 e. The van der Waals surface area contributed by atoms with Crippen LogP contribution in [0, 0.1) is 11.8 Å². The molecule has 0 spiro atoms. The topological polar surface area (TPSA) is 0 Å². The second kappa shape index (κ2) is 4.64. The summed E-state index contributed by atoms with van der Waals surface area (Å²) in [4.78, 5) is 0. The molecule has 0 aliphatic heterocycles. The Bertz CT molecular complexity index is 328. The SMILES string of the molecule is C=CCC#Cc1ccccc1Cl. The molecule has 1 rings (SSSR count). The van der Waals surface area contributed by atoms with Gasteiger partial charge < -0.3 is 0 Å². The maximum absolute atomic E-state index is 5.87. The number of hydrogen-bond donors (Lipinski definition) is 0. The van der Waals surface area contributed by atoms with Gasteiger partial charge in [0.1, 0.15) is 0 Å². The molecule has 0 atom stereocenters. The Morgan fingerprint density at radius 1 is 1.42 bits per heavy atom. The zero-order chi connectivity index (χ0) is 8.81. The van der Waals surface area contributed by atoms with Gasteiger partial charge in [-0.1, -0.05) is 41.7 Å². The molecule has 0 aliphatic carbocycles. The predicted octanol–water partition coefficient (Wildman–Crippen LogP) is 3.27. The number of rotatable bonds is 1. The Kier molecular flexibility index (Phi) is 3.44. The Morgan fingerprint density at radius 3 is 2.83 bits per heavy atom. The van der Waals surface area contributed by atoms with Gasteiger partial charge in [-0.15, -0.1) is 6.58 Å². The highest BCUT2D eigenvalue weighted by molar-refractivity contribution is 6.31. The summed E-state index contributed by atoms with van der Waals surface area (Å²) in [6.45, 7) is 3.58. The van der Waals surface area contributed by atoms with Gasteiger partial charge in [0.2, 0.25) is 0 Å². The van der Waals surface area contributed by atoms with Crippen molar-refractivity contribution in [3.8, 4) is 11.8 Å². The summed E-state index contributed by atoms with van der Waals surface area (Å²) in [6, 6.07) is 7.54. The van der Waals surface area contributed by atoms with E-state index in [0.29, 0.717) is 11.4 Å². The Labute approximate surface area is 77.9 Å². The highest BCUT2D eigenvalue weighted by Crippen LogP contribution is 2.12. The van der Waals surface area contributed by atoms with Crippen molar-refractivity contribution in [2.45, 2.75) is 6.42 Å². The van der Waals surface area contributed by atoms with Crippen molar-refractivity contribution in [1.82, 2.24) is 0 Å². The van der Waals surface area contributed by atoms with E-state index in [1.165, 1.54) is 0 Å². The predicted molar refractivity (Wildman–Crippen MR) is 53.1 cm³/mol. The van der Waals surface area contributed by atoms with Crippen molar-refractivity contribution in [2.75, 3.05) is 0 Å². The molecule has 60 valence electrons. The fourth-order valence-electron chi connectivity index (χ4n) is 0.781. The molecule has 0 amide bonds. The number of benzene rings is 1. The Balaban J connectivity index is 2.84. The fourth-order valence-corrected chi connectivity index (χ4v) is 0.964. The number of hydrogen-bond acceptors (Lipinski definition) is 0. The molecule has 1 heteroatoms. The molecule has 0 saturated heterocycles. The third kappa shape index (κ3) is 2.45. The summed E-state index contributed by atoms with van der Waals surface area (Å²) in [7, 11) is 0. The molecule has 1 aromatic carbocycles. The molecule has 0 heterocycles. The second-order valence-corrected chi connectivity index (χ2v) is 2.68. The van der Waals surface area contributed by atoms with Crippen LogP contribution >= 0.6 is 11.6 Å². The zero-order valence-electron chi connectivity index (χ0n) is 6.68. The van der Waals surface area contributed by atoms with Crippen LogP contribution in [0.2, 0.25) is 5.02 Å². The average Bonchev–Trinajstić information content (AvgIpc) is 2.09. The quantitative estimate of drug-likeness (QED) is 0.455. The summed E-state index contributed by atoms with van der Waals surface area (Å²) in [5.74, 6) is 5.90. The zero-order valence-corrected chi connectivity index (χ0v) is 7.43. The first-order valence-corrected chi connectivity index (χ1v) is 4.06. The van der Waals surface area contributed by atoms with Crippen LogP contribution in [0.25, 0.3) is 0 Å². The minimum atomic E-state index is 0.700. The summed E-state index contributed by atoms with van der Waals surface area (Å²) < 4.78 is 0. The lowest BCUT2D eigenvalue weighted by Gasteiger charge is -1.91. The molecular formula is C11H9Cl. The molecule has 0 aromatic heterocycles. The number of allylic oxidation sites excluding steroid dienone is 1. The van der Waals surface area contributed by atoms with E-state index in [4.69, 9.17) is 11.6 Å². The maximum Gasteiger partial charge on any atom is 0.0562 e. The molecule has 0 bridgehead atoms. The van der Waals surface area contributed by atoms with Crippen molar-refractivity contribution in [3.05, 3.63) is 47.5 Å². The van der Waals surface area contributed by atoms with Crippen LogP contribution in [0.3, 0.4) is 0 Å². The van der Waals surface area contributed by atoms with Gasteiger partial charge in [-0.2, -0.15) is 0 Å². The molecule has 0 fully saturated rings. The summed E-state index contributed by atoms with van der Waals surface area (Å²) in [5.41, 5.74) is 0.876. The van der Waals surface area contributed by atoms with E-state index in [2.05, 4.69) is 18.4 Å². The Morgan fingerprint density at radius 2 is 2.17 bits per heavy atom. The average molecular weight is 177 g/mol. The van der Waals surface area contributed by atoms with Crippen LogP contribution in [0.4, 0.5) is 0 Å². The van der Waals surface area contributed by atoms with Gasteiger partial charge in [0.15, 0.2) is 0 Å². The van der Waals surface area contributed by atoms with Crippen molar-refractivity contribution in [1.29, 1.82) is 0 Å². The normalized spacial score (nSPS) is 8.42. The van der Waals surface area contributed by atoms with Crippen molar-refractivity contribution >= 4 is 11.6 Å². The summed E-state index contributed by atoms with van der Waals surface area (Å²) >= 11 is 5.87. The van der Waals surface area contributed by atoms with Crippen LogP contribution in [0.1, 0.15) is 12.0 Å². The minimum Gasteiger partial charge on any atom is -0.102 e. The first-order chi connectivity index (χ1) is 5.84. The fraction of sp³-hybridized carbons (Fsp3) is 0.0909. The Hall–Kier alpha value is -1.19. The monoisotopic (exact) mass is 176 g/mol. The van der Waals surface area contributed by atoms with Gasteiger partial charge in [0.25, 0.3) is 0 Å². The molecule has 0 aliphatic rings. The van der Waals surface area contributed by atoms with E-state index in [1.807, 2.05) is 24.3 Å². The molecule has 0 saturated carbocycles. The standard InChI is InChI=1S/C11H9Cl/c1-2-3-4-7-10-8-5-6-9-11(10)12/h2,5-6,8-9H,1,3H2.